The second kappa shape index (κ2) is 22.0. The molecule has 1 heterocycles. The van der Waals surface area contributed by atoms with Crippen molar-refractivity contribution in [1.29, 1.82) is 0 Å². The van der Waals surface area contributed by atoms with E-state index in [4.69, 9.17) is 112 Å². The number of alkyl carbamates (subject to hydrolysis) is 1. The van der Waals surface area contributed by atoms with Gasteiger partial charge in [0.25, 0.3) is 0 Å². The standard InChI is InChI=1S/C49H55Cl6NO18/c1-24-28(69-39(61)33(58)32(26-15-11-9-12-16-26)56-40(62)74-43(3,4)5)20-47(65)37(72-38(60)27-17-13-10-14-18-27)35-45(8,36(59)34(31(24)44(47,6)7)71-42(64)68-23-49(53,54)55)29(70-41(63)67-22-48(50,51)52)19-30-46(35,21-66-30)73-25(2)57/h9-18,28-30,32-35,37,58,65H,19-23H2,1-8H3,(H,56,62)/t28-,29-,30+,32-,33-,34+,35-,37-,45+,46-,47+/m0/s1. The number of hydrogen-bond acceptors (Lipinski definition) is 18. The average Bonchev–Trinajstić information content (AvgIpc) is 3.29. The van der Waals surface area contributed by atoms with E-state index in [1.165, 1.54) is 64.1 Å². The normalized spacial score (nSPS) is 29.2. The molecule has 3 fully saturated rings. The minimum absolute atomic E-state index is 0.0470. The van der Waals surface area contributed by atoms with E-state index in [0.29, 0.717) is 0 Å². The number of carbonyl (C=O) groups is 7. The van der Waals surface area contributed by atoms with Gasteiger partial charge >= 0.3 is 36.3 Å². The first-order valence-electron chi connectivity index (χ1n) is 22.9. The lowest BCUT2D eigenvalue weighted by Crippen LogP contribution is -2.82. The van der Waals surface area contributed by atoms with Crippen molar-refractivity contribution < 1.29 is 86.4 Å². The quantitative estimate of drug-likeness (QED) is 0.0781. The fourth-order valence-electron chi connectivity index (χ4n) is 10.3. The lowest BCUT2D eigenvalue weighted by molar-refractivity contribution is -0.346. The summed E-state index contributed by atoms with van der Waals surface area (Å²) in [6, 6.07) is 13.8. The summed E-state index contributed by atoms with van der Waals surface area (Å²) in [6.07, 6.45) is -16.6. The summed E-state index contributed by atoms with van der Waals surface area (Å²) in [7, 11) is 0. The number of ether oxygens (including phenoxy) is 9. The van der Waals surface area contributed by atoms with E-state index >= 15 is 4.79 Å². The Bertz CT molecular complexity index is 2510. The van der Waals surface area contributed by atoms with Gasteiger partial charge in [-0.1, -0.05) is 132 Å². The molecule has 3 N–H and O–H groups in total. The van der Waals surface area contributed by atoms with Crippen molar-refractivity contribution in [2.45, 2.75) is 135 Å². The van der Waals surface area contributed by atoms with Crippen molar-refractivity contribution >= 4 is 112 Å². The predicted octanol–water partition coefficient (Wildman–Crippen LogP) is 8.32. The highest BCUT2D eigenvalue weighted by atomic mass is 35.6. The van der Waals surface area contributed by atoms with Crippen LogP contribution in [-0.4, -0.2) is 133 Å². The molecule has 2 aromatic carbocycles. The van der Waals surface area contributed by atoms with Gasteiger partial charge in [-0.15, -0.1) is 0 Å². The topological polar surface area (TPSA) is 255 Å². The molecule has 1 aliphatic heterocycles. The van der Waals surface area contributed by atoms with Crippen molar-refractivity contribution in [3.05, 3.63) is 82.9 Å². The molecule has 2 bridgehead atoms. The van der Waals surface area contributed by atoms with Crippen LogP contribution in [0, 0.1) is 16.7 Å². The second-order valence-electron chi connectivity index (χ2n) is 20.1. The molecule has 2 aromatic rings. The molecule has 0 spiro atoms. The molecule has 1 saturated heterocycles. The molecule has 25 heteroatoms. The minimum atomic E-state index is -2.66. The summed E-state index contributed by atoms with van der Waals surface area (Å²) < 4.78 is 47.9. The number of amides is 1. The second-order valence-corrected chi connectivity index (χ2v) is 25.1. The minimum Gasteiger partial charge on any atom is -0.456 e. The maximum absolute atomic E-state index is 16.3. The molecule has 11 atom stereocenters. The van der Waals surface area contributed by atoms with E-state index in [2.05, 4.69) is 5.32 Å². The zero-order valence-electron chi connectivity index (χ0n) is 41.1. The zero-order chi connectivity index (χ0) is 55.1. The molecule has 3 aliphatic carbocycles. The number of ketones is 1. The van der Waals surface area contributed by atoms with Crippen LogP contribution in [0.5, 0.6) is 0 Å². The Morgan fingerprint density at radius 2 is 1.38 bits per heavy atom. The SMILES string of the molecule is CC(=O)O[C@@]12CO[C@@H]1C[C@H](OC(=O)OCC(Cl)(Cl)Cl)[C@@]1(C)C(=O)[C@H](OC(=O)OCC(Cl)(Cl)Cl)C3=C(C)[C@@H](OC(=O)[C@@H](O)[C@@H](NC(=O)OC(C)(C)C)c4ccccc4)C[C@@](O)([C@@H](OC(=O)c4ccccc4)[C@H]21)C3(C)C. The lowest BCUT2D eigenvalue weighted by Gasteiger charge is -2.67. The number of Topliss-reactive ketones (excluding diaryl/α,β-unsaturated/α-hetero) is 1. The van der Waals surface area contributed by atoms with Gasteiger partial charge in [0.05, 0.1) is 29.5 Å². The molecule has 1 amide bonds. The third kappa shape index (κ3) is 12.4. The first kappa shape index (κ1) is 58.9. The fraction of sp³-hybridized carbons (Fsp3) is 0.571. The van der Waals surface area contributed by atoms with E-state index < -0.39 is 159 Å². The molecule has 406 valence electrons. The Balaban J connectivity index is 1.61. The van der Waals surface area contributed by atoms with Crippen molar-refractivity contribution in [2.75, 3.05) is 19.8 Å². The van der Waals surface area contributed by atoms with Crippen LogP contribution in [0.2, 0.25) is 0 Å². The van der Waals surface area contributed by atoms with Crippen LogP contribution in [-0.2, 0) is 57.0 Å². The van der Waals surface area contributed by atoms with Gasteiger partial charge in [-0.3, -0.25) is 9.59 Å². The summed E-state index contributed by atoms with van der Waals surface area (Å²) in [4.78, 5) is 99.4. The number of benzene rings is 2. The van der Waals surface area contributed by atoms with Gasteiger partial charge < -0.3 is 58.2 Å². The molecule has 6 rings (SSSR count). The molecule has 0 unspecified atom stereocenters. The number of aliphatic hydroxyl groups excluding tert-OH is 1. The average molecular weight is 1160 g/mol. The van der Waals surface area contributed by atoms with E-state index in [-0.39, 0.29) is 22.3 Å². The van der Waals surface area contributed by atoms with E-state index in [9.17, 15) is 39.0 Å². The highest BCUT2D eigenvalue weighted by Gasteiger charge is 2.79. The highest BCUT2D eigenvalue weighted by molar-refractivity contribution is 6.68. The largest absolute Gasteiger partial charge is 0.509 e. The number of halogens is 6. The van der Waals surface area contributed by atoms with Crippen molar-refractivity contribution in [3.8, 4) is 0 Å². The Hall–Kier alpha value is -4.31. The van der Waals surface area contributed by atoms with Crippen LogP contribution in [0.3, 0.4) is 0 Å². The van der Waals surface area contributed by atoms with Gasteiger partial charge in [0.1, 0.15) is 48.8 Å². The summed E-state index contributed by atoms with van der Waals surface area (Å²) in [5.41, 5.74) is -10.2. The summed E-state index contributed by atoms with van der Waals surface area (Å²) in [6.45, 7) is 9.11. The fourth-order valence-corrected chi connectivity index (χ4v) is 10.7. The molecule has 0 aromatic heterocycles. The van der Waals surface area contributed by atoms with E-state index in [1.807, 2.05) is 0 Å². The Labute approximate surface area is 455 Å². The van der Waals surface area contributed by atoms with Crippen molar-refractivity contribution in [1.82, 2.24) is 5.32 Å². The molecular weight excluding hydrogens is 1100 g/mol. The number of esters is 3. The number of alkyl halides is 6. The summed E-state index contributed by atoms with van der Waals surface area (Å²) in [5, 5.41) is 28.4. The first-order valence-corrected chi connectivity index (χ1v) is 25.2. The number of carbonyl (C=O) groups excluding carboxylic acids is 7. The number of hydrogen-bond donors (Lipinski definition) is 3. The molecule has 74 heavy (non-hydrogen) atoms. The van der Waals surface area contributed by atoms with Crippen LogP contribution in [0.1, 0.15) is 90.2 Å². The van der Waals surface area contributed by atoms with Gasteiger partial charge in [0, 0.05) is 25.2 Å². The van der Waals surface area contributed by atoms with Gasteiger partial charge in [-0.05, 0) is 63.5 Å². The van der Waals surface area contributed by atoms with Crippen LogP contribution in [0.15, 0.2) is 71.8 Å². The van der Waals surface area contributed by atoms with E-state index in [0.717, 1.165) is 6.92 Å². The molecule has 19 nitrogen and oxygen atoms in total. The smallest absolute Gasteiger partial charge is 0.456 e. The third-order valence-electron chi connectivity index (χ3n) is 13.7. The summed E-state index contributed by atoms with van der Waals surface area (Å²) in [5.74, 6) is -6.38. The van der Waals surface area contributed by atoms with Gasteiger partial charge in [0.2, 0.25) is 7.59 Å². The van der Waals surface area contributed by atoms with Crippen LogP contribution >= 0.6 is 69.6 Å². The monoisotopic (exact) mass is 1160 g/mol. The molecule has 4 aliphatic rings. The molecule has 2 saturated carbocycles. The molecular formula is C49H55Cl6NO18. The maximum atomic E-state index is 16.3. The predicted molar refractivity (Wildman–Crippen MR) is 265 cm³/mol. The third-order valence-corrected chi connectivity index (χ3v) is 14.3. The number of nitrogens with one attached hydrogen (secondary N) is 1. The van der Waals surface area contributed by atoms with Crippen molar-refractivity contribution in [3.63, 3.8) is 0 Å². The number of fused-ring (bicyclic) bond motifs is 5. The highest BCUT2D eigenvalue weighted by Crippen LogP contribution is 2.65. The Kier molecular flexibility index (Phi) is 17.5. The van der Waals surface area contributed by atoms with Crippen molar-refractivity contribution in [2.24, 2.45) is 16.7 Å². The maximum Gasteiger partial charge on any atom is 0.509 e. The summed E-state index contributed by atoms with van der Waals surface area (Å²) >= 11 is 35.4. The van der Waals surface area contributed by atoms with Crippen LogP contribution in [0.25, 0.3) is 0 Å². The van der Waals surface area contributed by atoms with Crippen LogP contribution in [0.4, 0.5) is 14.4 Å². The number of aliphatic hydroxyl groups is 2. The molecule has 0 radical (unpaired) electrons. The Morgan fingerprint density at radius 3 is 1.89 bits per heavy atom. The van der Waals surface area contributed by atoms with Gasteiger partial charge in [-0.2, -0.15) is 0 Å². The van der Waals surface area contributed by atoms with Gasteiger partial charge in [0.15, 0.2) is 23.6 Å². The lowest BCUT2D eigenvalue weighted by atomic mass is 9.44. The van der Waals surface area contributed by atoms with E-state index in [1.54, 1.807) is 45.0 Å². The zero-order valence-corrected chi connectivity index (χ0v) is 45.7. The first-order chi connectivity index (χ1) is 34.1. The Morgan fingerprint density at radius 1 is 0.824 bits per heavy atom. The van der Waals surface area contributed by atoms with Crippen LogP contribution < -0.4 is 5.32 Å². The van der Waals surface area contributed by atoms with Gasteiger partial charge in [-0.25, -0.2) is 24.0 Å². The number of rotatable bonds is 12.